The van der Waals surface area contributed by atoms with E-state index in [9.17, 15) is 9.59 Å². The van der Waals surface area contributed by atoms with E-state index in [1.165, 1.54) is 11.1 Å². The first kappa shape index (κ1) is 23.1. The van der Waals surface area contributed by atoms with Crippen molar-refractivity contribution < 1.29 is 9.59 Å². The molecule has 0 aliphatic heterocycles. The summed E-state index contributed by atoms with van der Waals surface area (Å²) in [6.07, 6.45) is 8.28. The molecule has 33 heavy (non-hydrogen) atoms. The third-order valence-corrected chi connectivity index (χ3v) is 6.51. The number of hydrogen-bond donors (Lipinski definition) is 4. The number of amides is 2. The molecule has 6 heteroatoms. The van der Waals surface area contributed by atoms with Crippen LogP contribution in [-0.4, -0.2) is 35.4 Å². The minimum atomic E-state index is -0.607. The van der Waals surface area contributed by atoms with Crippen molar-refractivity contribution in [3.05, 3.63) is 71.4 Å². The van der Waals surface area contributed by atoms with Crippen molar-refractivity contribution in [2.75, 3.05) is 6.54 Å². The van der Waals surface area contributed by atoms with Crippen molar-refractivity contribution in [2.24, 2.45) is 5.73 Å². The molecule has 1 atom stereocenters. The molecule has 2 aromatic carbocycles. The molecule has 6 nitrogen and oxygen atoms in total. The Balaban J connectivity index is 1.41. The first-order chi connectivity index (χ1) is 16.1. The van der Waals surface area contributed by atoms with Gasteiger partial charge in [-0.1, -0.05) is 55.3 Å². The van der Waals surface area contributed by atoms with Gasteiger partial charge in [0, 0.05) is 36.0 Å². The molecular weight excluding hydrogens is 412 g/mol. The van der Waals surface area contributed by atoms with E-state index in [0.717, 1.165) is 55.0 Å². The van der Waals surface area contributed by atoms with Crippen LogP contribution in [0.4, 0.5) is 0 Å². The third kappa shape index (κ3) is 6.02. The van der Waals surface area contributed by atoms with Crippen molar-refractivity contribution in [3.63, 3.8) is 0 Å². The minimum absolute atomic E-state index is 0.0635. The van der Waals surface area contributed by atoms with Crippen LogP contribution in [0, 0.1) is 0 Å². The summed E-state index contributed by atoms with van der Waals surface area (Å²) < 4.78 is 0. The number of hydrogen-bond acceptors (Lipinski definition) is 3. The van der Waals surface area contributed by atoms with E-state index in [-0.39, 0.29) is 17.9 Å². The molecule has 0 fully saturated rings. The lowest BCUT2D eigenvalue weighted by molar-refractivity contribution is -0.129. The molecule has 2 amide bonds. The van der Waals surface area contributed by atoms with Crippen LogP contribution in [0.3, 0.4) is 0 Å². The molecule has 0 bridgehead atoms. The van der Waals surface area contributed by atoms with Crippen molar-refractivity contribution in [2.45, 2.75) is 63.5 Å². The molecule has 0 spiro atoms. The Morgan fingerprint density at radius 2 is 1.67 bits per heavy atom. The summed E-state index contributed by atoms with van der Waals surface area (Å²) in [6, 6.07) is 15.8. The Bertz CT molecular complexity index is 1070. The number of benzene rings is 2. The van der Waals surface area contributed by atoms with E-state index in [1.807, 2.05) is 42.6 Å². The molecule has 1 aromatic heterocycles. The van der Waals surface area contributed by atoms with Crippen LogP contribution in [0.1, 0.15) is 48.8 Å². The molecule has 1 aliphatic rings. The summed E-state index contributed by atoms with van der Waals surface area (Å²) in [5, 5.41) is 7.30. The van der Waals surface area contributed by atoms with Gasteiger partial charge < -0.3 is 21.4 Å². The quantitative estimate of drug-likeness (QED) is 0.340. The van der Waals surface area contributed by atoms with E-state index in [2.05, 4.69) is 27.8 Å². The number of carbonyl (C=O) groups is 2. The Labute approximate surface area is 195 Å². The lowest BCUT2D eigenvalue weighted by atomic mass is 10.0. The van der Waals surface area contributed by atoms with Crippen LogP contribution in [0.15, 0.2) is 54.7 Å². The van der Waals surface area contributed by atoms with Gasteiger partial charge in [-0.25, -0.2) is 0 Å². The Kier molecular flexibility index (Phi) is 7.79. The number of nitrogens with one attached hydrogen (secondary N) is 3. The van der Waals surface area contributed by atoms with E-state index < -0.39 is 6.04 Å². The number of unbranched alkanes of at least 4 members (excludes halogenated alkanes) is 3. The highest BCUT2D eigenvalue weighted by molar-refractivity contribution is 5.89. The molecular formula is C27H34N4O2. The number of H-pyrrole nitrogens is 1. The van der Waals surface area contributed by atoms with Gasteiger partial charge in [0.2, 0.25) is 11.8 Å². The van der Waals surface area contributed by atoms with Crippen molar-refractivity contribution in [3.8, 4) is 0 Å². The smallest absolute Gasteiger partial charge is 0.243 e. The van der Waals surface area contributed by atoms with Crippen molar-refractivity contribution in [1.29, 1.82) is 0 Å². The van der Waals surface area contributed by atoms with Gasteiger partial charge in [-0.2, -0.15) is 0 Å². The number of rotatable bonds is 11. The van der Waals surface area contributed by atoms with E-state index in [0.29, 0.717) is 19.4 Å². The lowest BCUT2D eigenvalue weighted by Crippen LogP contribution is -2.50. The van der Waals surface area contributed by atoms with Gasteiger partial charge in [0.05, 0.1) is 0 Å². The molecule has 0 radical (unpaired) electrons. The fraction of sp³-hybridized carbons (Fsp3) is 0.407. The Hall–Kier alpha value is -3.12. The largest absolute Gasteiger partial charge is 0.361 e. The molecule has 1 unspecified atom stereocenters. The summed E-state index contributed by atoms with van der Waals surface area (Å²) in [5.41, 5.74) is 10.2. The maximum Gasteiger partial charge on any atom is 0.243 e. The number of carbonyl (C=O) groups excluding carboxylic acids is 2. The zero-order chi connectivity index (χ0) is 23.0. The van der Waals surface area contributed by atoms with Crippen LogP contribution in [-0.2, 0) is 28.9 Å². The standard InChI is InChI=1S/C27H34N4O2/c28-14-8-2-1-3-13-26(32)31-25(17-21-18-29-24-12-7-6-11-23(21)24)27(33)30-22-15-19-9-4-5-10-20(19)16-22/h4-7,9-12,18,22,25,29H,1-3,8,13-17,28H2,(H,30,33)(H,31,32). The fourth-order valence-electron chi connectivity index (χ4n) is 4.74. The molecule has 1 aliphatic carbocycles. The van der Waals surface area contributed by atoms with E-state index >= 15 is 0 Å². The average molecular weight is 447 g/mol. The maximum absolute atomic E-state index is 13.3. The van der Waals surface area contributed by atoms with E-state index in [4.69, 9.17) is 5.73 Å². The number of nitrogens with two attached hydrogens (primary N) is 1. The summed E-state index contributed by atoms with van der Waals surface area (Å²) in [4.78, 5) is 29.3. The van der Waals surface area contributed by atoms with Gasteiger partial charge in [0.15, 0.2) is 0 Å². The van der Waals surface area contributed by atoms with Crippen molar-refractivity contribution in [1.82, 2.24) is 15.6 Å². The first-order valence-corrected chi connectivity index (χ1v) is 12.1. The Morgan fingerprint density at radius 1 is 0.970 bits per heavy atom. The summed E-state index contributed by atoms with van der Waals surface area (Å²) in [7, 11) is 0. The lowest BCUT2D eigenvalue weighted by Gasteiger charge is -2.21. The van der Waals surface area contributed by atoms with Gasteiger partial charge in [0.25, 0.3) is 0 Å². The van der Waals surface area contributed by atoms with Gasteiger partial charge in [-0.15, -0.1) is 0 Å². The highest BCUT2D eigenvalue weighted by Crippen LogP contribution is 2.23. The Morgan fingerprint density at radius 3 is 2.42 bits per heavy atom. The molecule has 5 N–H and O–H groups in total. The van der Waals surface area contributed by atoms with Crippen LogP contribution in [0.5, 0.6) is 0 Å². The van der Waals surface area contributed by atoms with Gasteiger partial charge in [-0.3, -0.25) is 9.59 Å². The van der Waals surface area contributed by atoms with Gasteiger partial charge in [0.1, 0.15) is 6.04 Å². The van der Waals surface area contributed by atoms with Crippen LogP contribution >= 0.6 is 0 Å². The second-order valence-electron chi connectivity index (χ2n) is 9.02. The fourth-order valence-corrected chi connectivity index (χ4v) is 4.74. The molecule has 3 aromatic rings. The number of fused-ring (bicyclic) bond motifs is 2. The summed E-state index contributed by atoms with van der Waals surface area (Å²) in [5.74, 6) is -0.188. The first-order valence-electron chi connectivity index (χ1n) is 12.1. The number of para-hydroxylation sites is 1. The summed E-state index contributed by atoms with van der Waals surface area (Å²) in [6.45, 7) is 0.685. The monoisotopic (exact) mass is 446 g/mol. The van der Waals surface area contributed by atoms with Gasteiger partial charge >= 0.3 is 0 Å². The minimum Gasteiger partial charge on any atom is -0.361 e. The third-order valence-electron chi connectivity index (χ3n) is 6.51. The summed E-state index contributed by atoms with van der Waals surface area (Å²) >= 11 is 0. The average Bonchev–Trinajstić information content (AvgIpc) is 3.42. The topological polar surface area (TPSA) is 100 Å². The predicted molar refractivity (Wildman–Crippen MR) is 132 cm³/mol. The maximum atomic E-state index is 13.3. The zero-order valence-corrected chi connectivity index (χ0v) is 19.1. The van der Waals surface area contributed by atoms with Gasteiger partial charge in [-0.05, 0) is 55.0 Å². The molecule has 174 valence electrons. The predicted octanol–water partition coefficient (Wildman–Crippen LogP) is 3.39. The van der Waals surface area contributed by atoms with Crippen LogP contribution < -0.4 is 16.4 Å². The zero-order valence-electron chi connectivity index (χ0n) is 19.1. The molecule has 0 saturated heterocycles. The highest BCUT2D eigenvalue weighted by Gasteiger charge is 2.27. The highest BCUT2D eigenvalue weighted by atomic mass is 16.2. The van der Waals surface area contributed by atoms with Crippen molar-refractivity contribution >= 4 is 22.7 Å². The molecule has 4 rings (SSSR count). The second-order valence-corrected chi connectivity index (χ2v) is 9.02. The van der Waals surface area contributed by atoms with Crippen LogP contribution in [0.2, 0.25) is 0 Å². The molecule has 1 heterocycles. The second kappa shape index (κ2) is 11.1. The SMILES string of the molecule is NCCCCCCC(=O)NC(Cc1c[nH]c2ccccc12)C(=O)NC1Cc2ccccc2C1. The molecule has 0 saturated carbocycles. The van der Waals surface area contributed by atoms with E-state index in [1.54, 1.807) is 0 Å². The number of aromatic amines is 1. The number of aromatic nitrogens is 1. The van der Waals surface area contributed by atoms with Crippen LogP contribution in [0.25, 0.3) is 10.9 Å². The normalized spacial score (nSPS) is 14.2.